The van der Waals surface area contributed by atoms with Crippen LogP contribution in [0.3, 0.4) is 0 Å². The van der Waals surface area contributed by atoms with E-state index in [1.165, 1.54) is 0 Å². The van der Waals surface area contributed by atoms with Crippen LogP contribution in [0.15, 0.2) is 23.4 Å². The highest BCUT2D eigenvalue weighted by molar-refractivity contribution is 7.09. The second kappa shape index (κ2) is 6.45. The largest absolute Gasteiger partial charge is 0.547 e. The maximum absolute atomic E-state index is 12.3. The van der Waals surface area contributed by atoms with Crippen molar-refractivity contribution >= 4 is 35.4 Å². The lowest BCUT2D eigenvalue weighted by molar-refractivity contribution is -0.115. The fourth-order valence-electron chi connectivity index (χ4n) is 2.47. The van der Waals surface area contributed by atoms with Gasteiger partial charge in [0.2, 0.25) is 11.5 Å². The van der Waals surface area contributed by atoms with Gasteiger partial charge >= 0.3 is 7.12 Å². The van der Waals surface area contributed by atoms with Gasteiger partial charge in [-0.2, -0.15) is 9.36 Å². The van der Waals surface area contributed by atoms with Crippen molar-refractivity contribution in [1.82, 2.24) is 14.7 Å². The van der Waals surface area contributed by atoms with Gasteiger partial charge in [0.25, 0.3) is 5.91 Å². The first-order chi connectivity index (χ1) is 11.5. The molecule has 3 rings (SSSR count). The highest BCUT2D eigenvalue weighted by Gasteiger charge is 2.37. The summed E-state index contributed by atoms with van der Waals surface area (Å²) in [5.41, 5.74) is 6.84. The van der Waals surface area contributed by atoms with Crippen molar-refractivity contribution in [3.05, 3.63) is 35.2 Å². The van der Waals surface area contributed by atoms with Crippen molar-refractivity contribution in [3.63, 3.8) is 0 Å². The molecule has 0 spiro atoms. The lowest BCUT2D eigenvalue weighted by Crippen LogP contribution is -2.54. The van der Waals surface area contributed by atoms with E-state index in [1.54, 1.807) is 0 Å². The van der Waals surface area contributed by atoms with E-state index in [0.29, 0.717) is 12.2 Å². The van der Waals surface area contributed by atoms with E-state index in [9.17, 15) is 9.82 Å². The number of nitrogens with zero attached hydrogens (tertiary/aromatic N) is 3. The highest BCUT2D eigenvalue weighted by Crippen LogP contribution is 2.29. The summed E-state index contributed by atoms with van der Waals surface area (Å²) < 4.78 is 9.32. The molecular weight excluding hydrogens is 333 g/mol. The fraction of sp³-hybridized carbons (Fsp3) is 0.231. The summed E-state index contributed by atoms with van der Waals surface area (Å²) in [4.78, 5) is 16.1. The second-order valence-electron chi connectivity index (χ2n) is 5.26. The zero-order chi connectivity index (χ0) is 17.3. The molecule has 2 aromatic rings. The lowest BCUT2D eigenvalue weighted by atomic mass is 9.72. The third kappa shape index (κ3) is 3.03. The number of anilines is 1. The Bertz CT molecular complexity index is 811. The summed E-state index contributed by atoms with van der Waals surface area (Å²) in [5, 5.41) is 24.8. The SMILES string of the molecule is Cc1cccc2c1OB(O)[C@@H](NC(=O)/C(=N/O)c1nsc(N)n1)C2. The maximum atomic E-state index is 12.3. The van der Waals surface area contributed by atoms with Gasteiger partial charge in [-0.15, -0.1) is 0 Å². The summed E-state index contributed by atoms with van der Waals surface area (Å²) in [7, 11) is -1.23. The van der Waals surface area contributed by atoms with E-state index in [2.05, 4.69) is 19.8 Å². The van der Waals surface area contributed by atoms with Crippen LogP contribution < -0.4 is 15.7 Å². The summed E-state index contributed by atoms with van der Waals surface area (Å²) in [6.45, 7) is 1.87. The van der Waals surface area contributed by atoms with E-state index >= 15 is 0 Å². The average molecular weight is 347 g/mol. The van der Waals surface area contributed by atoms with Gasteiger partial charge in [-0.25, -0.2) is 0 Å². The first kappa shape index (κ1) is 16.2. The molecule has 0 saturated carbocycles. The Balaban J connectivity index is 1.77. The number of hydrogen-bond acceptors (Lipinski definition) is 9. The van der Waals surface area contributed by atoms with Gasteiger partial charge in [0.15, 0.2) is 5.13 Å². The topological polar surface area (TPSA) is 143 Å². The second-order valence-corrected chi connectivity index (χ2v) is 6.04. The van der Waals surface area contributed by atoms with Crippen LogP contribution in [0.25, 0.3) is 0 Å². The Hall–Kier alpha value is -2.66. The molecule has 0 saturated heterocycles. The van der Waals surface area contributed by atoms with Gasteiger partial charge in [-0.05, 0) is 24.5 Å². The van der Waals surface area contributed by atoms with Crippen LogP contribution in [0.4, 0.5) is 5.13 Å². The maximum Gasteiger partial charge on any atom is 0.547 e. The number of carbonyl (C=O) groups excluding carboxylic acids is 1. The van der Waals surface area contributed by atoms with Crippen LogP contribution in [0.2, 0.25) is 0 Å². The minimum atomic E-state index is -1.23. The van der Waals surface area contributed by atoms with Gasteiger partial charge in [-0.1, -0.05) is 23.4 Å². The molecule has 124 valence electrons. The molecule has 5 N–H and O–H groups in total. The first-order valence-corrected chi connectivity index (χ1v) is 7.82. The number of oxime groups is 1. The molecule has 1 amide bonds. The van der Waals surface area contributed by atoms with Gasteiger partial charge in [0.05, 0.1) is 5.94 Å². The highest BCUT2D eigenvalue weighted by atomic mass is 32.1. The Morgan fingerprint density at radius 1 is 1.58 bits per heavy atom. The number of aryl methyl sites for hydroxylation is 1. The molecule has 24 heavy (non-hydrogen) atoms. The van der Waals surface area contributed by atoms with Gasteiger partial charge in [-0.3, -0.25) is 4.79 Å². The minimum absolute atomic E-state index is 0.0834. The molecule has 9 nitrogen and oxygen atoms in total. The van der Waals surface area contributed by atoms with Crippen molar-refractivity contribution in [2.45, 2.75) is 19.3 Å². The van der Waals surface area contributed by atoms with Crippen LogP contribution in [0.1, 0.15) is 17.0 Å². The molecule has 0 unspecified atom stereocenters. The number of hydrogen-bond donors (Lipinski definition) is 4. The van der Waals surface area contributed by atoms with Gasteiger partial charge in [0, 0.05) is 11.5 Å². The molecule has 1 aromatic heterocycles. The van der Waals surface area contributed by atoms with Crippen LogP contribution in [-0.2, 0) is 11.2 Å². The molecule has 0 bridgehead atoms. The molecule has 1 atom stereocenters. The van der Waals surface area contributed by atoms with Crippen molar-refractivity contribution in [3.8, 4) is 5.75 Å². The summed E-state index contributed by atoms with van der Waals surface area (Å²) in [5.74, 6) is -0.918. The van der Waals surface area contributed by atoms with E-state index in [0.717, 1.165) is 22.7 Å². The number of para-hydroxylation sites is 1. The number of fused-ring (bicyclic) bond motifs is 1. The minimum Gasteiger partial charge on any atom is -0.534 e. The Morgan fingerprint density at radius 2 is 2.38 bits per heavy atom. The predicted octanol–water partition coefficient (Wildman–Crippen LogP) is -0.253. The predicted molar refractivity (Wildman–Crippen MR) is 88.1 cm³/mol. The van der Waals surface area contributed by atoms with E-state index < -0.39 is 19.0 Å². The number of aromatic nitrogens is 2. The van der Waals surface area contributed by atoms with Gasteiger partial charge < -0.3 is 25.9 Å². The zero-order valence-electron chi connectivity index (χ0n) is 12.6. The first-order valence-electron chi connectivity index (χ1n) is 7.05. The standard InChI is InChI=1S/C13H14BN5O4S/c1-6-3-2-4-7-5-8(14(21)23-10(6)7)16-12(20)9(18-22)11-17-13(15)24-19-11/h2-4,8,21-22H,5H2,1H3,(H,16,20)(H2,15,17,19)/b18-9+/t8-/m0/s1. The number of benzene rings is 1. The molecular formula is C13H14BN5O4S. The normalized spacial score (nSPS) is 17.2. The van der Waals surface area contributed by atoms with Crippen LogP contribution in [-0.4, -0.2) is 44.3 Å². The Kier molecular flexibility index (Phi) is 4.36. The van der Waals surface area contributed by atoms with E-state index in [4.69, 9.17) is 15.6 Å². The molecule has 0 fully saturated rings. The number of nitrogen functional groups attached to an aromatic ring is 1. The van der Waals surface area contributed by atoms with E-state index in [1.807, 2.05) is 25.1 Å². The molecule has 1 aliphatic rings. The molecule has 0 radical (unpaired) electrons. The quantitative estimate of drug-likeness (QED) is 0.259. The van der Waals surface area contributed by atoms with Crippen LogP contribution in [0, 0.1) is 6.92 Å². The third-order valence-electron chi connectivity index (χ3n) is 3.60. The van der Waals surface area contributed by atoms with Crippen LogP contribution in [0.5, 0.6) is 5.75 Å². The molecule has 2 heterocycles. The number of carbonyl (C=O) groups is 1. The summed E-state index contributed by atoms with van der Waals surface area (Å²) in [6, 6.07) is 5.60. The van der Waals surface area contributed by atoms with Crippen LogP contribution >= 0.6 is 11.5 Å². The Morgan fingerprint density at radius 3 is 3.04 bits per heavy atom. The monoisotopic (exact) mass is 347 g/mol. The van der Waals surface area contributed by atoms with Crippen molar-refractivity contribution in [1.29, 1.82) is 0 Å². The van der Waals surface area contributed by atoms with Crippen molar-refractivity contribution < 1.29 is 19.7 Å². The van der Waals surface area contributed by atoms with Crippen molar-refractivity contribution in [2.24, 2.45) is 5.16 Å². The Labute approximate surface area is 141 Å². The average Bonchev–Trinajstić information content (AvgIpc) is 2.96. The van der Waals surface area contributed by atoms with Crippen molar-refractivity contribution in [2.75, 3.05) is 5.73 Å². The van der Waals surface area contributed by atoms with E-state index in [-0.39, 0.29) is 16.7 Å². The van der Waals surface area contributed by atoms with Gasteiger partial charge in [0.1, 0.15) is 5.75 Å². The number of amides is 1. The third-order valence-corrected chi connectivity index (χ3v) is 4.14. The molecule has 1 aromatic carbocycles. The lowest BCUT2D eigenvalue weighted by Gasteiger charge is -2.28. The summed E-state index contributed by atoms with van der Waals surface area (Å²) >= 11 is 0.875. The fourth-order valence-corrected chi connectivity index (χ4v) is 2.90. The number of nitrogens with one attached hydrogen (secondary N) is 1. The molecule has 0 aliphatic carbocycles. The zero-order valence-corrected chi connectivity index (χ0v) is 13.4. The molecule has 1 aliphatic heterocycles. The number of rotatable bonds is 3. The number of nitrogens with two attached hydrogens (primary N) is 1. The smallest absolute Gasteiger partial charge is 0.534 e. The summed E-state index contributed by atoms with van der Waals surface area (Å²) in [6.07, 6.45) is 0.370. The molecule has 11 heteroatoms.